The summed E-state index contributed by atoms with van der Waals surface area (Å²) in [4.78, 5) is 4.40. The summed E-state index contributed by atoms with van der Waals surface area (Å²) in [5.74, 6) is 0. The molecule has 0 amide bonds. The van der Waals surface area contributed by atoms with Gasteiger partial charge in [0.25, 0.3) is 0 Å². The molecule has 1 aromatic heterocycles. The van der Waals surface area contributed by atoms with E-state index >= 15 is 0 Å². The summed E-state index contributed by atoms with van der Waals surface area (Å²) in [7, 11) is 1.98. The molecule has 2 heteroatoms. The van der Waals surface area contributed by atoms with E-state index in [-0.39, 0.29) is 6.04 Å². The summed E-state index contributed by atoms with van der Waals surface area (Å²) < 4.78 is 0. The number of hydrogen-bond acceptors (Lipinski definition) is 2. The van der Waals surface area contributed by atoms with Crippen LogP contribution in [-0.4, -0.2) is 12.0 Å². The Morgan fingerprint density at radius 3 is 2.47 bits per heavy atom. The number of nitrogens with zero attached hydrogens (tertiary/aromatic N) is 1. The molecule has 0 aliphatic rings. The van der Waals surface area contributed by atoms with Crippen LogP contribution in [0.15, 0.2) is 48.7 Å². The highest BCUT2D eigenvalue weighted by molar-refractivity contribution is 5.23. The molecule has 0 spiro atoms. The van der Waals surface area contributed by atoms with E-state index in [1.807, 2.05) is 25.4 Å². The van der Waals surface area contributed by atoms with Gasteiger partial charge in [0.1, 0.15) is 0 Å². The van der Waals surface area contributed by atoms with Gasteiger partial charge in [-0.25, -0.2) is 0 Å². The second-order valence-corrected chi connectivity index (χ2v) is 4.29. The Bertz CT molecular complexity index is 448. The lowest BCUT2D eigenvalue weighted by Crippen LogP contribution is -2.19. The molecule has 1 N–H and O–H groups in total. The first-order valence-corrected chi connectivity index (χ1v) is 5.93. The van der Waals surface area contributed by atoms with Crippen LogP contribution in [0.4, 0.5) is 0 Å². The molecule has 0 bridgehead atoms. The van der Waals surface area contributed by atoms with Crippen LogP contribution in [0.5, 0.6) is 0 Å². The molecule has 17 heavy (non-hydrogen) atoms. The number of aromatic nitrogens is 1. The van der Waals surface area contributed by atoms with Crippen molar-refractivity contribution >= 4 is 0 Å². The van der Waals surface area contributed by atoms with Crippen LogP contribution in [0.2, 0.25) is 0 Å². The number of benzene rings is 1. The lowest BCUT2D eigenvalue weighted by molar-refractivity contribution is 0.576. The fourth-order valence-corrected chi connectivity index (χ4v) is 1.90. The SMILES string of the molecule is CNC(Cc1ccc(C)cc1)c1ccccn1. The molecule has 0 aliphatic carbocycles. The van der Waals surface area contributed by atoms with Crippen LogP contribution < -0.4 is 5.32 Å². The van der Waals surface area contributed by atoms with Crippen molar-refractivity contribution in [1.29, 1.82) is 0 Å². The third-order valence-corrected chi connectivity index (χ3v) is 2.95. The van der Waals surface area contributed by atoms with Gasteiger partial charge in [0.15, 0.2) is 0 Å². The van der Waals surface area contributed by atoms with Crippen LogP contribution in [-0.2, 0) is 6.42 Å². The molecule has 88 valence electrons. The van der Waals surface area contributed by atoms with Crippen molar-refractivity contribution in [2.45, 2.75) is 19.4 Å². The normalized spacial score (nSPS) is 12.4. The average Bonchev–Trinajstić information content (AvgIpc) is 2.39. The van der Waals surface area contributed by atoms with Crippen LogP contribution in [0, 0.1) is 6.92 Å². The molecule has 2 aromatic rings. The monoisotopic (exact) mass is 226 g/mol. The molecule has 1 atom stereocenters. The van der Waals surface area contributed by atoms with Gasteiger partial charge >= 0.3 is 0 Å². The van der Waals surface area contributed by atoms with Crippen LogP contribution >= 0.6 is 0 Å². The third kappa shape index (κ3) is 3.14. The molecular formula is C15H18N2. The molecule has 1 unspecified atom stereocenters. The van der Waals surface area contributed by atoms with Crippen molar-refractivity contribution in [2.75, 3.05) is 7.05 Å². The van der Waals surface area contributed by atoms with Crippen molar-refractivity contribution in [1.82, 2.24) is 10.3 Å². The standard InChI is InChI=1S/C15H18N2/c1-12-6-8-13(9-7-12)11-15(16-2)14-5-3-4-10-17-14/h3-10,15-16H,11H2,1-2H3. The van der Waals surface area contributed by atoms with Gasteiger partial charge in [-0.2, -0.15) is 0 Å². The Morgan fingerprint density at radius 2 is 1.88 bits per heavy atom. The van der Waals surface area contributed by atoms with Crippen LogP contribution in [0.3, 0.4) is 0 Å². The van der Waals surface area contributed by atoms with Crippen molar-refractivity contribution in [3.8, 4) is 0 Å². The number of nitrogens with one attached hydrogen (secondary N) is 1. The molecule has 0 radical (unpaired) electrons. The lowest BCUT2D eigenvalue weighted by Gasteiger charge is -2.15. The van der Waals surface area contributed by atoms with E-state index in [1.165, 1.54) is 11.1 Å². The van der Waals surface area contributed by atoms with Gasteiger partial charge in [-0.15, -0.1) is 0 Å². The maximum Gasteiger partial charge on any atom is 0.0576 e. The number of hydrogen-bond donors (Lipinski definition) is 1. The maximum atomic E-state index is 4.40. The smallest absolute Gasteiger partial charge is 0.0576 e. The Balaban J connectivity index is 2.13. The number of pyridine rings is 1. The molecule has 1 aromatic carbocycles. The highest BCUT2D eigenvalue weighted by atomic mass is 14.9. The summed E-state index contributed by atoms with van der Waals surface area (Å²) >= 11 is 0. The predicted octanol–water partition coefficient (Wildman–Crippen LogP) is 2.89. The summed E-state index contributed by atoms with van der Waals surface area (Å²) in [5, 5.41) is 3.32. The quantitative estimate of drug-likeness (QED) is 0.867. The summed E-state index contributed by atoms with van der Waals surface area (Å²) in [6.07, 6.45) is 2.81. The van der Waals surface area contributed by atoms with E-state index < -0.39 is 0 Å². The van der Waals surface area contributed by atoms with Crippen LogP contribution in [0.25, 0.3) is 0 Å². The van der Waals surface area contributed by atoms with E-state index in [9.17, 15) is 0 Å². The molecule has 0 saturated carbocycles. The molecule has 0 saturated heterocycles. The Morgan fingerprint density at radius 1 is 1.12 bits per heavy atom. The zero-order chi connectivity index (χ0) is 12.1. The molecule has 2 nitrogen and oxygen atoms in total. The number of aryl methyl sites for hydroxylation is 1. The first-order valence-electron chi connectivity index (χ1n) is 5.93. The summed E-state index contributed by atoms with van der Waals surface area (Å²) in [6, 6.07) is 15.0. The van der Waals surface area contributed by atoms with E-state index in [4.69, 9.17) is 0 Å². The minimum atomic E-state index is 0.277. The Hall–Kier alpha value is -1.67. The minimum Gasteiger partial charge on any atom is -0.311 e. The van der Waals surface area contributed by atoms with E-state index in [0.29, 0.717) is 0 Å². The molecular weight excluding hydrogens is 208 g/mol. The first kappa shape index (κ1) is 11.8. The van der Waals surface area contributed by atoms with Gasteiger partial charge in [-0.3, -0.25) is 4.98 Å². The fraction of sp³-hybridized carbons (Fsp3) is 0.267. The maximum absolute atomic E-state index is 4.40. The second kappa shape index (κ2) is 5.60. The minimum absolute atomic E-state index is 0.277. The molecule has 0 aliphatic heterocycles. The van der Waals surface area contributed by atoms with Gasteiger partial charge in [0, 0.05) is 6.20 Å². The second-order valence-electron chi connectivity index (χ2n) is 4.29. The molecule has 0 fully saturated rings. The van der Waals surface area contributed by atoms with Gasteiger partial charge in [0.05, 0.1) is 11.7 Å². The van der Waals surface area contributed by atoms with Gasteiger partial charge < -0.3 is 5.32 Å². The first-order chi connectivity index (χ1) is 8.29. The zero-order valence-corrected chi connectivity index (χ0v) is 10.4. The molecule has 1 heterocycles. The zero-order valence-electron chi connectivity index (χ0n) is 10.4. The Labute approximate surface area is 103 Å². The highest BCUT2D eigenvalue weighted by Gasteiger charge is 2.10. The Kier molecular flexibility index (Phi) is 3.89. The lowest BCUT2D eigenvalue weighted by atomic mass is 10.0. The fourth-order valence-electron chi connectivity index (χ4n) is 1.90. The number of likely N-dealkylation sites (N-methyl/N-ethyl adjacent to an activating group) is 1. The van der Waals surface area contributed by atoms with Crippen molar-refractivity contribution in [3.05, 3.63) is 65.5 Å². The van der Waals surface area contributed by atoms with E-state index in [2.05, 4.69) is 47.6 Å². The van der Waals surface area contributed by atoms with Gasteiger partial charge in [0.2, 0.25) is 0 Å². The average molecular weight is 226 g/mol. The van der Waals surface area contributed by atoms with Crippen molar-refractivity contribution in [2.24, 2.45) is 0 Å². The number of rotatable bonds is 4. The van der Waals surface area contributed by atoms with Crippen molar-refractivity contribution in [3.63, 3.8) is 0 Å². The third-order valence-electron chi connectivity index (χ3n) is 2.95. The molecule has 2 rings (SSSR count). The summed E-state index contributed by atoms with van der Waals surface area (Å²) in [5.41, 5.74) is 3.73. The van der Waals surface area contributed by atoms with Crippen LogP contribution in [0.1, 0.15) is 22.9 Å². The largest absolute Gasteiger partial charge is 0.311 e. The summed E-state index contributed by atoms with van der Waals surface area (Å²) in [6.45, 7) is 2.11. The predicted molar refractivity (Wildman–Crippen MR) is 70.9 cm³/mol. The van der Waals surface area contributed by atoms with E-state index in [0.717, 1.165) is 12.1 Å². The van der Waals surface area contributed by atoms with E-state index in [1.54, 1.807) is 0 Å². The van der Waals surface area contributed by atoms with Gasteiger partial charge in [-0.1, -0.05) is 35.9 Å². The highest BCUT2D eigenvalue weighted by Crippen LogP contribution is 2.16. The van der Waals surface area contributed by atoms with Crippen molar-refractivity contribution < 1.29 is 0 Å². The van der Waals surface area contributed by atoms with Gasteiger partial charge in [-0.05, 0) is 38.1 Å². The topological polar surface area (TPSA) is 24.9 Å².